The number of nitrogens with zero attached hydrogens (tertiary/aromatic N) is 2. The molecule has 0 bridgehead atoms. The van der Waals surface area contributed by atoms with E-state index in [1.807, 2.05) is 48.0 Å². The summed E-state index contributed by atoms with van der Waals surface area (Å²) in [4.78, 5) is 11.9. The van der Waals surface area contributed by atoms with Crippen LogP contribution in [0.2, 0.25) is 0 Å². The number of aliphatic hydroxyl groups is 1. The molecule has 0 spiro atoms. The lowest BCUT2D eigenvalue weighted by Crippen LogP contribution is -2.38. The quantitative estimate of drug-likeness (QED) is 0.639. The normalized spacial score (nSPS) is 11.8. The van der Waals surface area contributed by atoms with Crippen molar-refractivity contribution in [3.05, 3.63) is 53.7 Å². The van der Waals surface area contributed by atoms with Crippen LogP contribution in [0.25, 0.3) is 16.6 Å². The predicted octanol–water partition coefficient (Wildman–Crippen LogP) is 2.58. The Morgan fingerprint density at radius 3 is 2.73 bits per heavy atom. The van der Waals surface area contributed by atoms with E-state index >= 15 is 0 Å². The molecule has 1 atom stereocenters. The molecule has 0 saturated heterocycles. The molecular weight excluding hydrogens is 352 g/mol. The number of fused-ring (bicyclic) bond motifs is 1. The lowest BCUT2D eigenvalue weighted by Gasteiger charge is -2.10. The maximum atomic E-state index is 11.9. The topological polar surface area (TPSA) is 93.2 Å². The van der Waals surface area contributed by atoms with Crippen LogP contribution in [-0.4, -0.2) is 33.4 Å². The number of hydrogen-bond acceptors (Lipinski definition) is 4. The molecule has 0 aliphatic rings. The average Bonchev–Trinajstić information content (AvgIpc) is 2.99. The molecule has 1 heterocycles. The summed E-state index contributed by atoms with van der Waals surface area (Å²) < 4.78 is 1.89. The minimum Gasteiger partial charge on any atom is -0.394 e. The largest absolute Gasteiger partial charge is 0.394 e. The summed E-state index contributed by atoms with van der Waals surface area (Å²) >= 11 is 0. The number of nitrogens with two attached hydrogens (primary N) is 1. The summed E-state index contributed by atoms with van der Waals surface area (Å²) in [5.74, 6) is -0.417. The van der Waals surface area contributed by atoms with Gasteiger partial charge in [-0.1, -0.05) is 19.1 Å². The van der Waals surface area contributed by atoms with Gasteiger partial charge in [0.2, 0.25) is 5.91 Å². The molecule has 3 rings (SSSR count). The van der Waals surface area contributed by atoms with E-state index in [9.17, 15) is 4.79 Å². The van der Waals surface area contributed by atoms with Crippen molar-refractivity contribution in [2.75, 3.05) is 11.9 Å². The second-order valence-electron chi connectivity index (χ2n) is 6.06. The Balaban J connectivity index is 0.00000243. The van der Waals surface area contributed by atoms with E-state index in [0.717, 1.165) is 34.3 Å². The summed E-state index contributed by atoms with van der Waals surface area (Å²) in [6.45, 7) is 3.71. The summed E-state index contributed by atoms with van der Waals surface area (Å²) in [7, 11) is 0. The number of carbonyl (C=O) groups excluding carboxylic acids is 1. The summed E-state index contributed by atoms with van der Waals surface area (Å²) in [6, 6.07) is 12.8. The van der Waals surface area contributed by atoms with Gasteiger partial charge in [-0.3, -0.25) is 4.79 Å². The minimum atomic E-state index is -0.941. The van der Waals surface area contributed by atoms with Gasteiger partial charge in [-0.25, -0.2) is 4.68 Å². The molecule has 1 amide bonds. The van der Waals surface area contributed by atoms with Crippen LogP contribution in [0.4, 0.5) is 5.69 Å². The van der Waals surface area contributed by atoms with E-state index in [2.05, 4.69) is 18.3 Å². The van der Waals surface area contributed by atoms with Crippen LogP contribution in [0.1, 0.15) is 18.2 Å². The fourth-order valence-corrected chi connectivity index (χ4v) is 2.79. The first kappa shape index (κ1) is 19.9. The van der Waals surface area contributed by atoms with E-state index in [-0.39, 0.29) is 12.4 Å². The number of benzene rings is 2. The van der Waals surface area contributed by atoms with Gasteiger partial charge in [0, 0.05) is 11.1 Å². The van der Waals surface area contributed by atoms with Gasteiger partial charge in [0.05, 0.1) is 23.5 Å². The number of anilines is 1. The van der Waals surface area contributed by atoms with Crippen LogP contribution < -0.4 is 11.1 Å². The van der Waals surface area contributed by atoms with Crippen molar-refractivity contribution in [2.45, 2.75) is 26.3 Å². The molecular formula is C19H23ClN4O2. The highest BCUT2D eigenvalue weighted by Crippen LogP contribution is 2.26. The molecule has 26 heavy (non-hydrogen) atoms. The molecule has 138 valence electrons. The first-order valence-corrected chi connectivity index (χ1v) is 8.29. The summed E-state index contributed by atoms with van der Waals surface area (Å²) in [5, 5.41) is 17.5. The Hall–Kier alpha value is -2.41. The van der Waals surface area contributed by atoms with Crippen LogP contribution in [0.3, 0.4) is 0 Å². The van der Waals surface area contributed by atoms with Gasteiger partial charge in [0.25, 0.3) is 0 Å². The van der Waals surface area contributed by atoms with Crippen LogP contribution in [0.15, 0.2) is 42.5 Å². The zero-order valence-corrected chi connectivity index (χ0v) is 15.6. The number of rotatable bonds is 5. The summed E-state index contributed by atoms with van der Waals surface area (Å²) in [6.07, 6.45) is 0.816. The van der Waals surface area contributed by atoms with Crippen LogP contribution >= 0.6 is 12.4 Å². The zero-order valence-electron chi connectivity index (χ0n) is 14.8. The van der Waals surface area contributed by atoms with E-state index in [0.29, 0.717) is 5.69 Å². The number of aromatic nitrogens is 2. The smallest absolute Gasteiger partial charge is 0.243 e. The number of hydrogen-bond donors (Lipinski definition) is 3. The van der Waals surface area contributed by atoms with Crippen LogP contribution in [-0.2, 0) is 11.2 Å². The Morgan fingerprint density at radius 2 is 2.08 bits per heavy atom. The number of carbonyl (C=O) groups is 1. The molecule has 2 aromatic carbocycles. The fraction of sp³-hybridized carbons (Fsp3) is 0.263. The summed E-state index contributed by atoms with van der Waals surface area (Å²) in [5.41, 5.74) is 10.2. The Kier molecular flexibility index (Phi) is 6.37. The Labute approximate surface area is 158 Å². The molecule has 7 heteroatoms. The highest BCUT2D eigenvalue weighted by molar-refractivity contribution is 5.97. The molecule has 0 saturated carbocycles. The van der Waals surface area contributed by atoms with Gasteiger partial charge >= 0.3 is 0 Å². The monoisotopic (exact) mass is 374 g/mol. The van der Waals surface area contributed by atoms with Crippen LogP contribution in [0.5, 0.6) is 0 Å². The van der Waals surface area contributed by atoms with Gasteiger partial charge in [0.15, 0.2) is 0 Å². The third kappa shape index (κ3) is 3.88. The van der Waals surface area contributed by atoms with Crippen molar-refractivity contribution in [1.29, 1.82) is 0 Å². The maximum Gasteiger partial charge on any atom is 0.243 e. The van der Waals surface area contributed by atoms with E-state index in [4.69, 9.17) is 15.9 Å². The average molecular weight is 375 g/mol. The van der Waals surface area contributed by atoms with E-state index < -0.39 is 18.6 Å². The van der Waals surface area contributed by atoms with E-state index in [1.165, 1.54) is 0 Å². The highest BCUT2D eigenvalue weighted by Gasteiger charge is 2.15. The molecule has 3 aromatic rings. The van der Waals surface area contributed by atoms with Crippen molar-refractivity contribution in [1.82, 2.24) is 9.78 Å². The Morgan fingerprint density at radius 1 is 1.31 bits per heavy atom. The first-order valence-electron chi connectivity index (χ1n) is 8.29. The molecule has 0 aliphatic heterocycles. The highest BCUT2D eigenvalue weighted by atomic mass is 35.5. The standard InChI is InChI=1S/C19H22N4O2.ClH/c1-3-17-15-8-7-13(21-19(25)16(20)11-24)10-18(15)23(22-17)14-6-4-5-12(2)9-14;/h4-10,16,24H,3,11,20H2,1-2H3,(H,21,25);1H/t16-;/m0./s1. The molecule has 0 aliphatic carbocycles. The molecule has 1 aromatic heterocycles. The SMILES string of the molecule is CCc1nn(-c2cccc(C)c2)c2cc(NC(=O)[C@@H](N)CO)ccc12.Cl. The van der Waals surface area contributed by atoms with Crippen molar-refractivity contribution in [3.8, 4) is 5.69 Å². The van der Waals surface area contributed by atoms with Gasteiger partial charge in [-0.2, -0.15) is 5.10 Å². The lowest BCUT2D eigenvalue weighted by atomic mass is 10.1. The number of aryl methyl sites for hydroxylation is 2. The van der Waals surface area contributed by atoms with Crippen molar-refractivity contribution < 1.29 is 9.90 Å². The van der Waals surface area contributed by atoms with Gasteiger partial charge in [-0.15, -0.1) is 12.4 Å². The second-order valence-corrected chi connectivity index (χ2v) is 6.06. The number of aliphatic hydroxyl groups excluding tert-OH is 1. The lowest BCUT2D eigenvalue weighted by molar-refractivity contribution is -0.118. The van der Waals surface area contributed by atoms with Gasteiger partial charge in [0.1, 0.15) is 6.04 Å². The first-order chi connectivity index (χ1) is 12.0. The third-order valence-electron chi connectivity index (χ3n) is 4.14. The van der Waals surface area contributed by atoms with Gasteiger partial charge in [-0.05, 0) is 49.2 Å². The molecule has 0 fully saturated rings. The van der Waals surface area contributed by atoms with Crippen molar-refractivity contribution in [3.63, 3.8) is 0 Å². The zero-order chi connectivity index (χ0) is 18.0. The molecule has 4 N–H and O–H groups in total. The number of halogens is 1. The second kappa shape index (κ2) is 8.31. The third-order valence-corrected chi connectivity index (χ3v) is 4.14. The maximum absolute atomic E-state index is 11.9. The number of amides is 1. The van der Waals surface area contributed by atoms with Gasteiger partial charge < -0.3 is 16.2 Å². The minimum absolute atomic E-state index is 0. The molecule has 0 unspecified atom stereocenters. The van der Waals surface area contributed by atoms with Crippen molar-refractivity contribution >= 4 is 34.9 Å². The predicted molar refractivity (Wildman–Crippen MR) is 106 cm³/mol. The van der Waals surface area contributed by atoms with Crippen LogP contribution in [0, 0.1) is 6.92 Å². The van der Waals surface area contributed by atoms with Crippen molar-refractivity contribution in [2.24, 2.45) is 5.73 Å². The molecule has 0 radical (unpaired) electrons. The fourth-order valence-electron chi connectivity index (χ4n) is 2.79. The number of nitrogens with one attached hydrogen (secondary N) is 1. The molecule has 6 nitrogen and oxygen atoms in total. The van der Waals surface area contributed by atoms with E-state index in [1.54, 1.807) is 0 Å². The Bertz CT molecular complexity index is 923.